The molecule has 7 nitrogen and oxygen atoms in total. The molecule has 188 valence electrons. The molecule has 0 saturated carbocycles. The molecule has 1 heterocycles. The normalized spacial score (nSPS) is 11.0. The topological polar surface area (TPSA) is 84.9 Å². The van der Waals surface area contributed by atoms with Gasteiger partial charge in [0.25, 0.3) is 5.91 Å². The van der Waals surface area contributed by atoms with Gasteiger partial charge in [0.15, 0.2) is 0 Å². The molecule has 1 aromatic heterocycles. The highest BCUT2D eigenvalue weighted by Crippen LogP contribution is 2.21. The summed E-state index contributed by atoms with van der Waals surface area (Å²) >= 11 is 1.33. The van der Waals surface area contributed by atoms with Gasteiger partial charge in [0.1, 0.15) is 0 Å². The molecule has 0 aliphatic rings. The summed E-state index contributed by atoms with van der Waals surface area (Å²) in [5.41, 5.74) is 2.20. The van der Waals surface area contributed by atoms with Crippen molar-refractivity contribution in [1.82, 2.24) is 10.4 Å². The molecule has 8 heteroatoms. The number of unbranched alkanes of at least 4 members (excludes halogenated alkanes) is 9. The number of rotatable bonds is 14. The van der Waals surface area contributed by atoms with Crippen LogP contribution in [0.3, 0.4) is 0 Å². The Labute approximate surface area is 203 Å². The number of nitrogens with one attached hydrogen (secondary N) is 1. The Hall–Kier alpha value is -2.09. The molecular formula is C25H42N2O5S. The van der Waals surface area contributed by atoms with E-state index in [2.05, 4.69) is 12.3 Å². The van der Waals surface area contributed by atoms with Crippen molar-refractivity contribution in [2.45, 2.75) is 117 Å². The van der Waals surface area contributed by atoms with Gasteiger partial charge in [-0.25, -0.2) is 15.0 Å². The first-order valence-electron chi connectivity index (χ1n) is 12.4. The average molecular weight is 483 g/mol. The number of hydrogen-bond acceptors (Lipinski definition) is 6. The van der Waals surface area contributed by atoms with Gasteiger partial charge in [-0.3, -0.25) is 4.79 Å². The largest absolute Gasteiger partial charge is 0.446 e. The maximum atomic E-state index is 12.9. The van der Waals surface area contributed by atoms with E-state index in [1.807, 2.05) is 6.07 Å². The maximum Gasteiger partial charge on any atom is 0.436 e. The van der Waals surface area contributed by atoms with Crippen LogP contribution in [0.1, 0.15) is 113 Å². The number of aryl methyl sites for hydroxylation is 1. The predicted octanol–water partition coefficient (Wildman–Crippen LogP) is 7.25. The summed E-state index contributed by atoms with van der Waals surface area (Å²) in [7, 11) is 0. The van der Waals surface area contributed by atoms with Crippen LogP contribution >= 0.6 is 11.3 Å². The zero-order valence-electron chi connectivity index (χ0n) is 21.0. The molecule has 3 amide bonds. The fraction of sp³-hybridized carbons (Fsp3) is 0.720. The number of ether oxygens (including phenoxy) is 2. The van der Waals surface area contributed by atoms with E-state index in [4.69, 9.17) is 9.47 Å². The van der Waals surface area contributed by atoms with Crippen LogP contribution < -0.4 is 5.43 Å². The summed E-state index contributed by atoms with van der Waals surface area (Å²) < 4.78 is 10.1. The van der Waals surface area contributed by atoms with E-state index < -0.39 is 30.3 Å². The van der Waals surface area contributed by atoms with Crippen molar-refractivity contribution < 1.29 is 23.9 Å². The number of carbonyl (C=O) groups excluding carboxylic acids is 3. The number of imide groups is 1. The van der Waals surface area contributed by atoms with Gasteiger partial charge in [-0.15, -0.1) is 16.3 Å². The predicted molar refractivity (Wildman–Crippen MR) is 132 cm³/mol. The van der Waals surface area contributed by atoms with Crippen LogP contribution in [0.2, 0.25) is 0 Å². The van der Waals surface area contributed by atoms with Crippen molar-refractivity contribution in [2.75, 3.05) is 0 Å². The van der Waals surface area contributed by atoms with Gasteiger partial charge in [-0.1, -0.05) is 64.7 Å². The van der Waals surface area contributed by atoms with Crippen LogP contribution in [0.5, 0.6) is 0 Å². The molecular weight excluding hydrogens is 440 g/mol. The molecule has 0 aliphatic carbocycles. The molecule has 0 bridgehead atoms. The SMILES string of the molecule is CCCCCCCCCCCCc1ccc(C(=O)N(NC(=O)OC(C)C)C(=O)OC(C)C)s1. The Morgan fingerprint density at radius 3 is 1.94 bits per heavy atom. The van der Waals surface area contributed by atoms with Gasteiger partial charge in [0.2, 0.25) is 0 Å². The molecule has 0 unspecified atom stereocenters. The van der Waals surface area contributed by atoms with Gasteiger partial charge in [-0.2, -0.15) is 0 Å². The second kappa shape index (κ2) is 16.5. The lowest BCUT2D eigenvalue weighted by Crippen LogP contribution is -2.50. The summed E-state index contributed by atoms with van der Waals surface area (Å²) in [6.07, 6.45) is 11.0. The molecule has 0 saturated heterocycles. The fourth-order valence-electron chi connectivity index (χ4n) is 3.29. The molecule has 1 aromatic rings. The van der Waals surface area contributed by atoms with E-state index in [1.165, 1.54) is 69.1 Å². The number of hydrazine groups is 1. The quantitative estimate of drug-likeness (QED) is 0.223. The van der Waals surface area contributed by atoms with E-state index in [1.54, 1.807) is 33.8 Å². The third kappa shape index (κ3) is 12.7. The molecule has 0 radical (unpaired) electrons. The molecule has 0 fully saturated rings. The molecule has 0 spiro atoms. The Kier molecular flexibility index (Phi) is 14.5. The van der Waals surface area contributed by atoms with Crippen LogP contribution in [0.15, 0.2) is 12.1 Å². The minimum atomic E-state index is -0.944. The zero-order valence-corrected chi connectivity index (χ0v) is 21.8. The highest BCUT2D eigenvalue weighted by molar-refractivity contribution is 7.14. The van der Waals surface area contributed by atoms with Crippen molar-refractivity contribution >= 4 is 29.4 Å². The zero-order chi connectivity index (χ0) is 24.6. The third-order valence-electron chi connectivity index (χ3n) is 4.92. The first kappa shape index (κ1) is 28.9. The molecule has 33 heavy (non-hydrogen) atoms. The maximum absolute atomic E-state index is 12.9. The van der Waals surface area contributed by atoms with Crippen LogP contribution in [0.25, 0.3) is 0 Å². The van der Waals surface area contributed by atoms with E-state index in [-0.39, 0.29) is 0 Å². The summed E-state index contributed by atoms with van der Waals surface area (Å²) in [6, 6.07) is 3.59. The lowest BCUT2D eigenvalue weighted by molar-refractivity contribution is 0.0386. The summed E-state index contributed by atoms with van der Waals surface area (Å²) in [5.74, 6) is -0.638. The second-order valence-corrected chi connectivity index (χ2v) is 10.0. The summed E-state index contributed by atoms with van der Waals surface area (Å²) in [4.78, 5) is 38.7. The molecule has 0 aromatic carbocycles. The highest BCUT2D eigenvalue weighted by Gasteiger charge is 2.29. The van der Waals surface area contributed by atoms with Gasteiger partial charge in [0, 0.05) is 4.88 Å². The first-order chi connectivity index (χ1) is 15.7. The average Bonchev–Trinajstić information content (AvgIpc) is 3.20. The van der Waals surface area contributed by atoms with Crippen molar-refractivity contribution in [3.05, 3.63) is 21.9 Å². The van der Waals surface area contributed by atoms with Crippen molar-refractivity contribution in [3.63, 3.8) is 0 Å². The minimum absolute atomic E-state index is 0.364. The van der Waals surface area contributed by atoms with E-state index in [9.17, 15) is 14.4 Å². The van der Waals surface area contributed by atoms with Gasteiger partial charge >= 0.3 is 12.2 Å². The lowest BCUT2D eigenvalue weighted by Gasteiger charge is -2.21. The van der Waals surface area contributed by atoms with Crippen molar-refractivity contribution in [1.29, 1.82) is 0 Å². The van der Waals surface area contributed by atoms with Gasteiger partial charge in [0.05, 0.1) is 17.1 Å². The summed E-state index contributed by atoms with van der Waals surface area (Å²) in [5, 5.41) is 0.584. The van der Waals surface area contributed by atoms with Gasteiger partial charge < -0.3 is 9.47 Å². The second-order valence-electron chi connectivity index (χ2n) is 8.84. The van der Waals surface area contributed by atoms with E-state index in [0.717, 1.165) is 17.7 Å². The fourth-order valence-corrected chi connectivity index (χ4v) is 4.27. The number of thiophene rings is 1. The molecule has 1 N–H and O–H groups in total. The van der Waals surface area contributed by atoms with Crippen molar-refractivity contribution in [2.24, 2.45) is 0 Å². The van der Waals surface area contributed by atoms with Crippen molar-refractivity contribution in [3.8, 4) is 0 Å². The van der Waals surface area contributed by atoms with E-state index in [0.29, 0.717) is 9.89 Å². The van der Waals surface area contributed by atoms with E-state index >= 15 is 0 Å². The Morgan fingerprint density at radius 2 is 1.39 bits per heavy atom. The van der Waals surface area contributed by atoms with Crippen LogP contribution in [-0.4, -0.2) is 35.3 Å². The molecule has 1 rings (SSSR count). The Bertz CT molecular complexity index is 717. The smallest absolute Gasteiger partial charge is 0.436 e. The highest BCUT2D eigenvalue weighted by atomic mass is 32.1. The third-order valence-corrected chi connectivity index (χ3v) is 6.05. The monoisotopic (exact) mass is 482 g/mol. The van der Waals surface area contributed by atoms with Gasteiger partial charge in [-0.05, 0) is 52.7 Å². The standard InChI is InChI=1S/C25H42N2O5S/c1-6-7-8-9-10-11-12-13-14-15-16-21-17-18-22(33-21)23(28)27(25(30)32-20(4)5)26-24(29)31-19(2)3/h17-20H,6-16H2,1-5H3,(H,26,29). The number of amides is 3. The Balaban J connectivity index is 2.51. The Morgan fingerprint density at radius 1 is 0.848 bits per heavy atom. The van der Waals surface area contributed by atoms with Crippen LogP contribution in [-0.2, 0) is 15.9 Å². The summed E-state index contributed by atoms with van der Waals surface area (Å²) in [6.45, 7) is 8.93. The number of hydrogen-bond donors (Lipinski definition) is 1. The molecule has 0 aliphatic heterocycles. The lowest BCUT2D eigenvalue weighted by atomic mass is 10.1. The van der Waals surface area contributed by atoms with Crippen LogP contribution in [0.4, 0.5) is 9.59 Å². The number of nitrogens with zero attached hydrogens (tertiary/aromatic N) is 1. The first-order valence-corrected chi connectivity index (χ1v) is 13.2. The molecule has 0 atom stereocenters. The number of carbonyl (C=O) groups is 3. The van der Waals surface area contributed by atoms with Crippen LogP contribution in [0, 0.1) is 0 Å². The minimum Gasteiger partial charge on any atom is -0.446 e.